The Morgan fingerprint density at radius 1 is 1.62 bits per heavy atom. The Bertz CT molecular complexity index is 165. The quantitative estimate of drug-likeness (QED) is 0.356. The first-order valence-electron chi connectivity index (χ1n) is 4.34. The lowest BCUT2D eigenvalue weighted by Crippen LogP contribution is -2.09. The minimum absolute atomic E-state index is 0.390. The number of ether oxygens (including phenoxy) is 1. The van der Waals surface area contributed by atoms with Crippen molar-refractivity contribution in [3.05, 3.63) is 12.2 Å². The Hall–Kier alpha value is -0.870. The number of esters is 1. The van der Waals surface area contributed by atoms with Gasteiger partial charge in [0.25, 0.3) is 0 Å². The molecule has 76 valence electrons. The van der Waals surface area contributed by atoms with E-state index in [2.05, 4.69) is 0 Å². The summed E-state index contributed by atoms with van der Waals surface area (Å²) in [6.45, 7) is 2.01. The van der Waals surface area contributed by atoms with E-state index in [0.717, 1.165) is 18.9 Å². The number of hydrogen-bond donors (Lipinski definition) is 2. The van der Waals surface area contributed by atoms with Crippen LogP contribution in [0.25, 0.3) is 0 Å². The molecule has 0 aromatic carbocycles. The number of rotatable bonds is 6. The summed E-state index contributed by atoms with van der Waals surface area (Å²) in [4.78, 5) is 10.8. The highest BCUT2D eigenvalue weighted by Crippen LogP contribution is 1.91. The van der Waals surface area contributed by atoms with Gasteiger partial charge in [0.05, 0.1) is 19.3 Å². The van der Waals surface area contributed by atoms with Crippen LogP contribution in [-0.4, -0.2) is 35.5 Å². The normalized spacial score (nSPS) is 13.2. The van der Waals surface area contributed by atoms with Gasteiger partial charge in [0.15, 0.2) is 0 Å². The molecule has 0 aliphatic heterocycles. The van der Waals surface area contributed by atoms with Crippen LogP contribution in [0.3, 0.4) is 0 Å². The second-order valence-corrected chi connectivity index (χ2v) is 2.63. The van der Waals surface area contributed by atoms with Gasteiger partial charge in [-0.15, -0.1) is 0 Å². The van der Waals surface area contributed by atoms with Gasteiger partial charge in [0.1, 0.15) is 0 Å². The highest BCUT2D eigenvalue weighted by atomic mass is 16.5. The van der Waals surface area contributed by atoms with Crippen molar-refractivity contribution in [2.75, 3.05) is 13.2 Å². The predicted octanol–water partition coefficient (Wildman–Crippen LogP) is 0.239. The summed E-state index contributed by atoms with van der Waals surface area (Å²) in [6, 6.07) is 0. The fourth-order valence-electron chi connectivity index (χ4n) is 0.616. The van der Waals surface area contributed by atoms with Gasteiger partial charge in [0.2, 0.25) is 0 Å². The van der Waals surface area contributed by atoms with E-state index < -0.39 is 18.7 Å². The zero-order chi connectivity index (χ0) is 10.1. The Labute approximate surface area is 77.8 Å². The molecule has 0 aromatic heterocycles. The van der Waals surface area contributed by atoms with Crippen LogP contribution in [0.15, 0.2) is 12.2 Å². The Balaban J connectivity index is 3.55. The van der Waals surface area contributed by atoms with E-state index in [1.54, 1.807) is 0 Å². The van der Waals surface area contributed by atoms with Crippen LogP contribution in [0.2, 0.25) is 0 Å². The van der Waals surface area contributed by atoms with Crippen LogP contribution in [0.4, 0.5) is 0 Å². The van der Waals surface area contributed by atoms with Crippen LogP contribution in [0.5, 0.6) is 0 Å². The van der Waals surface area contributed by atoms with E-state index in [1.807, 2.05) is 6.92 Å². The lowest BCUT2D eigenvalue weighted by atomic mass is 10.3. The van der Waals surface area contributed by atoms with E-state index in [4.69, 9.17) is 14.9 Å². The Morgan fingerprint density at radius 2 is 2.31 bits per heavy atom. The first kappa shape index (κ1) is 12.1. The molecule has 0 aliphatic carbocycles. The fourth-order valence-corrected chi connectivity index (χ4v) is 0.616. The maximum Gasteiger partial charge on any atom is 0.330 e. The van der Waals surface area contributed by atoms with E-state index in [-0.39, 0.29) is 0 Å². The molecule has 2 N–H and O–H groups in total. The van der Waals surface area contributed by atoms with Crippen molar-refractivity contribution in [3.63, 3.8) is 0 Å². The summed E-state index contributed by atoms with van der Waals surface area (Å²) in [5.74, 6) is -0.485. The maximum absolute atomic E-state index is 10.8. The third-order valence-electron chi connectivity index (χ3n) is 1.38. The second kappa shape index (κ2) is 7.76. The van der Waals surface area contributed by atoms with Gasteiger partial charge in [-0.2, -0.15) is 0 Å². The first-order chi connectivity index (χ1) is 6.20. The summed E-state index contributed by atoms with van der Waals surface area (Å²) in [7, 11) is 0. The highest BCUT2D eigenvalue weighted by Gasteiger charge is 1.98. The van der Waals surface area contributed by atoms with Crippen molar-refractivity contribution in [2.45, 2.75) is 25.9 Å². The Kier molecular flexibility index (Phi) is 7.24. The van der Waals surface area contributed by atoms with Gasteiger partial charge in [-0.1, -0.05) is 13.3 Å². The third-order valence-corrected chi connectivity index (χ3v) is 1.38. The number of aliphatic hydroxyl groups is 2. The van der Waals surface area contributed by atoms with Crippen LogP contribution in [0, 0.1) is 0 Å². The number of hydrogen-bond acceptors (Lipinski definition) is 4. The van der Waals surface area contributed by atoms with Crippen LogP contribution in [0.1, 0.15) is 19.8 Å². The molecular formula is C9H16O4. The molecule has 0 aromatic rings. The fraction of sp³-hybridized carbons (Fsp3) is 0.667. The standard InChI is InChI=1S/C9H16O4/c1-2-3-6-13-9(12)5-4-8(11)7-10/h4-5,8,10-11H,2-3,6-7H2,1H3/b5-4+/t8-/m0/s1. The molecule has 13 heavy (non-hydrogen) atoms. The van der Waals surface area contributed by atoms with Gasteiger partial charge >= 0.3 is 5.97 Å². The van der Waals surface area contributed by atoms with E-state index in [0.29, 0.717) is 6.61 Å². The minimum Gasteiger partial charge on any atom is -0.463 e. The average Bonchev–Trinajstić information content (AvgIpc) is 2.14. The van der Waals surface area contributed by atoms with Gasteiger partial charge in [-0.3, -0.25) is 0 Å². The van der Waals surface area contributed by atoms with Crippen LogP contribution < -0.4 is 0 Å². The molecule has 0 fully saturated rings. The molecule has 0 amide bonds. The van der Waals surface area contributed by atoms with E-state index in [9.17, 15) is 4.79 Å². The van der Waals surface area contributed by atoms with Crippen molar-refractivity contribution < 1.29 is 19.7 Å². The zero-order valence-corrected chi connectivity index (χ0v) is 7.77. The minimum atomic E-state index is -0.987. The largest absolute Gasteiger partial charge is 0.463 e. The molecule has 0 aliphatic rings. The summed E-state index contributed by atoms with van der Waals surface area (Å²) in [5, 5.41) is 17.2. The molecule has 0 heterocycles. The molecule has 4 nitrogen and oxygen atoms in total. The highest BCUT2D eigenvalue weighted by molar-refractivity contribution is 5.81. The van der Waals surface area contributed by atoms with Crippen LogP contribution in [-0.2, 0) is 9.53 Å². The lowest BCUT2D eigenvalue weighted by Gasteiger charge is -2.00. The smallest absolute Gasteiger partial charge is 0.330 e. The molecule has 0 unspecified atom stereocenters. The molecular weight excluding hydrogens is 172 g/mol. The lowest BCUT2D eigenvalue weighted by molar-refractivity contribution is -0.137. The molecule has 1 atom stereocenters. The van der Waals surface area contributed by atoms with Gasteiger partial charge in [0, 0.05) is 6.08 Å². The molecule has 0 saturated carbocycles. The second-order valence-electron chi connectivity index (χ2n) is 2.63. The van der Waals surface area contributed by atoms with Crippen molar-refractivity contribution in [3.8, 4) is 0 Å². The van der Waals surface area contributed by atoms with Gasteiger partial charge in [-0.05, 0) is 12.5 Å². The van der Waals surface area contributed by atoms with E-state index >= 15 is 0 Å². The number of carbonyl (C=O) groups excluding carboxylic acids is 1. The SMILES string of the molecule is CCCCOC(=O)/C=C/[C@H](O)CO. The van der Waals surface area contributed by atoms with Crippen LogP contribution >= 0.6 is 0 Å². The Morgan fingerprint density at radius 3 is 2.85 bits per heavy atom. The zero-order valence-electron chi connectivity index (χ0n) is 7.77. The summed E-state index contributed by atoms with van der Waals surface area (Å²) < 4.78 is 4.76. The van der Waals surface area contributed by atoms with Gasteiger partial charge in [-0.25, -0.2) is 4.79 Å². The monoisotopic (exact) mass is 188 g/mol. The molecule has 0 rings (SSSR count). The number of aliphatic hydroxyl groups excluding tert-OH is 2. The molecule has 0 bridgehead atoms. The molecule has 0 saturated heterocycles. The average molecular weight is 188 g/mol. The molecule has 0 spiro atoms. The van der Waals surface area contributed by atoms with Gasteiger partial charge < -0.3 is 14.9 Å². The van der Waals surface area contributed by atoms with Crippen molar-refractivity contribution in [1.29, 1.82) is 0 Å². The topological polar surface area (TPSA) is 66.8 Å². The third kappa shape index (κ3) is 7.49. The summed E-state index contributed by atoms with van der Waals surface area (Å²) in [5.41, 5.74) is 0. The van der Waals surface area contributed by atoms with Crippen molar-refractivity contribution in [1.82, 2.24) is 0 Å². The van der Waals surface area contributed by atoms with Crippen molar-refractivity contribution in [2.24, 2.45) is 0 Å². The first-order valence-corrected chi connectivity index (χ1v) is 4.34. The predicted molar refractivity (Wildman–Crippen MR) is 48.1 cm³/mol. The molecule has 4 heteroatoms. The molecule has 0 radical (unpaired) electrons. The summed E-state index contributed by atoms with van der Waals surface area (Å²) >= 11 is 0. The summed E-state index contributed by atoms with van der Waals surface area (Å²) in [6.07, 6.45) is 3.14. The van der Waals surface area contributed by atoms with E-state index in [1.165, 1.54) is 6.08 Å². The number of unbranched alkanes of at least 4 members (excludes halogenated alkanes) is 1. The number of carbonyl (C=O) groups is 1. The maximum atomic E-state index is 10.8. The van der Waals surface area contributed by atoms with Crippen molar-refractivity contribution >= 4 is 5.97 Å².